The Morgan fingerprint density at radius 1 is 1.33 bits per heavy atom. The lowest BCUT2D eigenvalue weighted by Gasteiger charge is -2.22. The number of rotatable bonds is 3. The van der Waals surface area contributed by atoms with Gasteiger partial charge in [-0.15, -0.1) is 0 Å². The van der Waals surface area contributed by atoms with Gasteiger partial charge in [-0.05, 0) is 18.8 Å². The van der Waals surface area contributed by atoms with Crippen molar-refractivity contribution in [3.05, 3.63) is 23.5 Å². The fourth-order valence-electron chi connectivity index (χ4n) is 2.65. The highest BCUT2D eigenvalue weighted by Gasteiger charge is 2.14. The molecule has 0 bridgehead atoms. The average Bonchev–Trinajstić information content (AvgIpc) is 2.85. The van der Waals surface area contributed by atoms with Crippen LogP contribution in [0.25, 0.3) is 5.65 Å². The number of fused-ring (bicyclic) bond motifs is 1. The number of nitrogens with one attached hydrogen (secondary N) is 1. The minimum absolute atomic E-state index is 0.508. The zero-order chi connectivity index (χ0) is 12.4. The standard InChI is InChI=1S/C13H17ClN4/c14-11-8-13(18-12(17-11)6-7-16-18)15-9-10-4-2-1-3-5-10/h6-8,10,15H,1-5,9H2. The van der Waals surface area contributed by atoms with Crippen LogP contribution in [0.1, 0.15) is 32.1 Å². The van der Waals surface area contributed by atoms with Gasteiger partial charge in [0.25, 0.3) is 0 Å². The lowest BCUT2D eigenvalue weighted by molar-refractivity contribution is 0.373. The molecule has 1 N–H and O–H groups in total. The third-order valence-electron chi connectivity index (χ3n) is 3.62. The van der Waals surface area contributed by atoms with Crippen molar-refractivity contribution in [2.75, 3.05) is 11.9 Å². The lowest BCUT2D eigenvalue weighted by Crippen LogP contribution is -2.18. The molecule has 2 heterocycles. The summed E-state index contributed by atoms with van der Waals surface area (Å²) in [7, 11) is 0. The van der Waals surface area contributed by atoms with Crippen molar-refractivity contribution in [3.8, 4) is 0 Å². The van der Waals surface area contributed by atoms with Crippen LogP contribution in [-0.4, -0.2) is 21.1 Å². The molecule has 18 heavy (non-hydrogen) atoms. The highest BCUT2D eigenvalue weighted by molar-refractivity contribution is 6.29. The maximum atomic E-state index is 6.01. The Bertz CT molecular complexity index is 531. The summed E-state index contributed by atoms with van der Waals surface area (Å²) >= 11 is 6.01. The van der Waals surface area contributed by atoms with Crippen molar-refractivity contribution in [3.63, 3.8) is 0 Å². The van der Waals surface area contributed by atoms with Crippen LogP contribution >= 0.6 is 11.6 Å². The van der Waals surface area contributed by atoms with E-state index < -0.39 is 0 Å². The largest absolute Gasteiger partial charge is 0.370 e. The van der Waals surface area contributed by atoms with Gasteiger partial charge >= 0.3 is 0 Å². The number of anilines is 1. The molecule has 5 heteroatoms. The Labute approximate surface area is 111 Å². The molecule has 0 spiro atoms. The van der Waals surface area contributed by atoms with Crippen LogP contribution < -0.4 is 5.32 Å². The van der Waals surface area contributed by atoms with E-state index in [2.05, 4.69) is 15.4 Å². The number of aromatic nitrogens is 3. The van der Waals surface area contributed by atoms with E-state index in [0.717, 1.165) is 23.9 Å². The van der Waals surface area contributed by atoms with Crippen molar-refractivity contribution in [1.82, 2.24) is 14.6 Å². The summed E-state index contributed by atoms with van der Waals surface area (Å²) in [6.07, 6.45) is 8.51. The second-order valence-corrected chi connectivity index (χ2v) is 5.34. The van der Waals surface area contributed by atoms with Crippen LogP contribution in [0.2, 0.25) is 5.15 Å². The minimum Gasteiger partial charge on any atom is -0.370 e. The summed E-state index contributed by atoms with van der Waals surface area (Å²) in [5, 5.41) is 8.23. The summed E-state index contributed by atoms with van der Waals surface area (Å²) in [4.78, 5) is 4.22. The van der Waals surface area contributed by atoms with Gasteiger partial charge in [-0.2, -0.15) is 9.61 Å². The van der Waals surface area contributed by atoms with Crippen LogP contribution in [0.3, 0.4) is 0 Å². The highest BCUT2D eigenvalue weighted by atomic mass is 35.5. The van der Waals surface area contributed by atoms with Crippen molar-refractivity contribution < 1.29 is 0 Å². The van der Waals surface area contributed by atoms with Gasteiger partial charge in [0.05, 0.1) is 6.20 Å². The maximum absolute atomic E-state index is 6.01. The zero-order valence-corrected chi connectivity index (χ0v) is 11.0. The second kappa shape index (κ2) is 5.14. The van der Waals surface area contributed by atoms with Gasteiger partial charge in [-0.3, -0.25) is 0 Å². The number of hydrogen-bond donors (Lipinski definition) is 1. The van der Waals surface area contributed by atoms with Crippen molar-refractivity contribution in [2.45, 2.75) is 32.1 Å². The average molecular weight is 265 g/mol. The van der Waals surface area contributed by atoms with E-state index in [1.807, 2.05) is 12.1 Å². The third-order valence-corrected chi connectivity index (χ3v) is 3.82. The molecule has 0 aliphatic heterocycles. The van der Waals surface area contributed by atoms with Crippen LogP contribution in [0.5, 0.6) is 0 Å². The molecule has 1 fully saturated rings. The molecular formula is C13H17ClN4. The summed E-state index contributed by atoms with van der Waals surface area (Å²) in [5.74, 6) is 1.71. The van der Waals surface area contributed by atoms with Crippen molar-refractivity contribution in [1.29, 1.82) is 0 Å². The van der Waals surface area contributed by atoms with Gasteiger partial charge in [0.2, 0.25) is 0 Å². The van der Waals surface area contributed by atoms with E-state index in [4.69, 9.17) is 11.6 Å². The fraction of sp³-hybridized carbons (Fsp3) is 0.538. The van der Waals surface area contributed by atoms with E-state index in [9.17, 15) is 0 Å². The van der Waals surface area contributed by atoms with Crippen molar-refractivity contribution >= 4 is 23.1 Å². The molecular weight excluding hydrogens is 248 g/mol. The minimum atomic E-state index is 0.508. The van der Waals surface area contributed by atoms with E-state index in [1.165, 1.54) is 32.1 Å². The Balaban J connectivity index is 1.75. The van der Waals surface area contributed by atoms with Crippen LogP contribution in [0.15, 0.2) is 18.3 Å². The summed E-state index contributed by atoms with van der Waals surface area (Å²) < 4.78 is 1.80. The number of halogens is 1. The molecule has 0 amide bonds. The van der Waals surface area contributed by atoms with E-state index >= 15 is 0 Å². The molecule has 4 nitrogen and oxygen atoms in total. The first kappa shape index (κ1) is 11.8. The van der Waals surface area contributed by atoms with E-state index in [0.29, 0.717) is 5.15 Å². The predicted molar refractivity (Wildman–Crippen MR) is 73.1 cm³/mol. The Morgan fingerprint density at radius 3 is 3.00 bits per heavy atom. The smallest absolute Gasteiger partial charge is 0.159 e. The topological polar surface area (TPSA) is 42.2 Å². The van der Waals surface area contributed by atoms with Gasteiger partial charge in [-0.1, -0.05) is 30.9 Å². The maximum Gasteiger partial charge on any atom is 0.159 e. The Hall–Kier alpha value is -1.29. The monoisotopic (exact) mass is 264 g/mol. The Morgan fingerprint density at radius 2 is 2.17 bits per heavy atom. The van der Waals surface area contributed by atoms with Gasteiger partial charge in [0.1, 0.15) is 11.0 Å². The normalized spacial score (nSPS) is 17.2. The van der Waals surface area contributed by atoms with Gasteiger partial charge < -0.3 is 5.32 Å². The molecule has 3 rings (SSSR count). The van der Waals surface area contributed by atoms with E-state index in [-0.39, 0.29) is 0 Å². The first-order valence-electron chi connectivity index (χ1n) is 6.57. The van der Waals surface area contributed by atoms with Crippen LogP contribution in [0, 0.1) is 5.92 Å². The molecule has 0 atom stereocenters. The molecule has 0 radical (unpaired) electrons. The highest BCUT2D eigenvalue weighted by Crippen LogP contribution is 2.24. The first-order chi connectivity index (χ1) is 8.83. The van der Waals surface area contributed by atoms with Crippen LogP contribution in [0.4, 0.5) is 5.82 Å². The quantitative estimate of drug-likeness (QED) is 0.865. The molecule has 96 valence electrons. The molecule has 1 aliphatic rings. The molecule has 1 saturated carbocycles. The van der Waals surface area contributed by atoms with Gasteiger partial charge in [-0.25, -0.2) is 4.98 Å². The molecule has 1 aliphatic carbocycles. The van der Waals surface area contributed by atoms with Gasteiger partial charge in [0, 0.05) is 18.7 Å². The summed E-state index contributed by atoms with van der Waals surface area (Å²) in [6, 6.07) is 3.70. The van der Waals surface area contributed by atoms with Crippen LogP contribution in [-0.2, 0) is 0 Å². The first-order valence-corrected chi connectivity index (χ1v) is 6.95. The van der Waals surface area contributed by atoms with Gasteiger partial charge in [0.15, 0.2) is 5.65 Å². The molecule has 0 unspecified atom stereocenters. The third kappa shape index (κ3) is 2.43. The molecule has 0 aromatic carbocycles. The lowest BCUT2D eigenvalue weighted by atomic mass is 9.89. The second-order valence-electron chi connectivity index (χ2n) is 4.95. The SMILES string of the molecule is Clc1cc(NCC2CCCCC2)n2nccc2n1. The predicted octanol–water partition coefficient (Wildman–Crippen LogP) is 3.37. The summed E-state index contributed by atoms with van der Waals surface area (Å²) in [6.45, 7) is 0.995. The molecule has 2 aromatic heterocycles. The van der Waals surface area contributed by atoms with E-state index in [1.54, 1.807) is 10.7 Å². The zero-order valence-electron chi connectivity index (χ0n) is 10.3. The summed E-state index contributed by atoms with van der Waals surface area (Å²) in [5.41, 5.74) is 0.786. The molecule has 2 aromatic rings. The number of hydrogen-bond acceptors (Lipinski definition) is 3. The number of nitrogens with zero attached hydrogens (tertiary/aromatic N) is 3. The van der Waals surface area contributed by atoms with Crippen molar-refractivity contribution in [2.24, 2.45) is 5.92 Å². The Kier molecular flexibility index (Phi) is 3.37. The molecule has 0 saturated heterocycles. The fourth-order valence-corrected chi connectivity index (χ4v) is 2.84.